The normalized spacial score (nSPS) is 13.0. The van der Waals surface area contributed by atoms with Gasteiger partial charge in [0.15, 0.2) is 0 Å². The molecule has 0 saturated heterocycles. The first-order valence-corrected chi connectivity index (χ1v) is 10.1. The Balaban J connectivity index is 1.54. The highest BCUT2D eigenvalue weighted by molar-refractivity contribution is 7.89. The van der Waals surface area contributed by atoms with Crippen LogP contribution in [0, 0.1) is 0 Å². The number of sulfonamides is 1. The third-order valence-electron chi connectivity index (χ3n) is 4.16. The first-order chi connectivity index (χ1) is 12.5. The zero-order valence-corrected chi connectivity index (χ0v) is 15.5. The van der Waals surface area contributed by atoms with Gasteiger partial charge in [0.05, 0.1) is 4.90 Å². The summed E-state index contributed by atoms with van der Waals surface area (Å²) in [6.07, 6.45) is 4.29. The van der Waals surface area contributed by atoms with Crippen LogP contribution in [0.1, 0.15) is 12.5 Å². The lowest BCUT2D eigenvalue weighted by Gasteiger charge is -2.15. The highest BCUT2D eigenvalue weighted by Crippen LogP contribution is 2.18. The van der Waals surface area contributed by atoms with E-state index in [1.807, 2.05) is 31.2 Å². The molecule has 26 heavy (non-hydrogen) atoms. The van der Waals surface area contributed by atoms with Crippen molar-refractivity contribution in [3.63, 3.8) is 0 Å². The van der Waals surface area contributed by atoms with E-state index >= 15 is 0 Å². The van der Waals surface area contributed by atoms with Crippen molar-refractivity contribution < 1.29 is 8.42 Å². The first kappa shape index (κ1) is 18.5. The van der Waals surface area contributed by atoms with Crippen LogP contribution in [-0.2, 0) is 16.4 Å². The van der Waals surface area contributed by atoms with E-state index in [4.69, 9.17) is 0 Å². The molecule has 0 spiro atoms. The summed E-state index contributed by atoms with van der Waals surface area (Å²) in [5.74, 6) is 0. The minimum atomic E-state index is -3.55. The predicted molar refractivity (Wildman–Crippen MR) is 105 cm³/mol. The van der Waals surface area contributed by atoms with Crippen LogP contribution in [0.2, 0.25) is 0 Å². The zero-order valence-electron chi connectivity index (χ0n) is 14.7. The van der Waals surface area contributed by atoms with Crippen molar-refractivity contribution in [2.75, 3.05) is 13.1 Å². The Labute approximate surface area is 154 Å². The Kier molecular flexibility index (Phi) is 5.98. The molecule has 0 aliphatic rings. The Morgan fingerprint density at radius 3 is 2.65 bits per heavy atom. The SMILES string of the molecule is CC(CNCCc1ccccc1)NS(=O)(=O)c1ccc2cnccc2c1. The molecular weight excluding hydrogens is 346 g/mol. The molecule has 2 N–H and O–H groups in total. The molecule has 0 bridgehead atoms. The van der Waals surface area contributed by atoms with E-state index in [1.54, 1.807) is 30.6 Å². The van der Waals surface area contributed by atoms with Gasteiger partial charge in [0.1, 0.15) is 0 Å². The van der Waals surface area contributed by atoms with E-state index in [0.29, 0.717) is 6.54 Å². The number of hydrogen-bond donors (Lipinski definition) is 2. The topological polar surface area (TPSA) is 71.1 Å². The van der Waals surface area contributed by atoms with Crippen LogP contribution in [0.4, 0.5) is 0 Å². The van der Waals surface area contributed by atoms with Gasteiger partial charge in [-0.15, -0.1) is 0 Å². The number of hydrogen-bond acceptors (Lipinski definition) is 4. The lowest BCUT2D eigenvalue weighted by Crippen LogP contribution is -2.40. The molecule has 2 aromatic carbocycles. The smallest absolute Gasteiger partial charge is 0.240 e. The van der Waals surface area contributed by atoms with Crippen molar-refractivity contribution in [1.29, 1.82) is 0 Å². The summed E-state index contributed by atoms with van der Waals surface area (Å²) in [5.41, 5.74) is 1.26. The summed E-state index contributed by atoms with van der Waals surface area (Å²) >= 11 is 0. The molecule has 1 unspecified atom stereocenters. The van der Waals surface area contributed by atoms with Gasteiger partial charge in [-0.2, -0.15) is 0 Å². The summed E-state index contributed by atoms with van der Waals surface area (Å²) < 4.78 is 27.9. The van der Waals surface area contributed by atoms with Gasteiger partial charge < -0.3 is 5.32 Å². The molecule has 0 saturated carbocycles. The minimum absolute atomic E-state index is 0.205. The number of fused-ring (bicyclic) bond motifs is 1. The fraction of sp³-hybridized carbons (Fsp3) is 0.250. The van der Waals surface area contributed by atoms with Crippen molar-refractivity contribution >= 4 is 20.8 Å². The molecule has 3 rings (SSSR count). The van der Waals surface area contributed by atoms with Crippen LogP contribution in [0.5, 0.6) is 0 Å². The van der Waals surface area contributed by atoms with Gasteiger partial charge in [0.2, 0.25) is 10.0 Å². The van der Waals surface area contributed by atoms with Gasteiger partial charge >= 0.3 is 0 Å². The minimum Gasteiger partial charge on any atom is -0.315 e. The fourth-order valence-electron chi connectivity index (χ4n) is 2.80. The fourth-order valence-corrected chi connectivity index (χ4v) is 4.08. The number of nitrogens with one attached hydrogen (secondary N) is 2. The molecular formula is C20H23N3O2S. The largest absolute Gasteiger partial charge is 0.315 e. The van der Waals surface area contributed by atoms with Crippen LogP contribution >= 0.6 is 0 Å². The quantitative estimate of drug-likeness (QED) is 0.599. The van der Waals surface area contributed by atoms with Crippen molar-refractivity contribution in [2.45, 2.75) is 24.3 Å². The maximum atomic E-state index is 12.6. The number of pyridine rings is 1. The Morgan fingerprint density at radius 1 is 1.04 bits per heavy atom. The van der Waals surface area contributed by atoms with Crippen molar-refractivity contribution in [1.82, 2.24) is 15.0 Å². The summed E-state index contributed by atoms with van der Waals surface area (Å²) in [7, 11) is -3.55. The molecule has 3 aromatic rings. The molecule has 0 aliphatic carbocycles. The Hall–Kier alpha value is -2.28. The van der Waals surface area contributed by atoms with Crippen LogP contribution < -0.4 is 10.0 Å². The van der Waals surface area contributed by atoms with E-state index in [-0.39, 0.29) is 10.9 Å². The van der Waals surface area contributed by atoms with E-state index < -0.39 is 10.0 Å². The highest BCUT2D eigenvalue weighted by atomic mass is 32.2. The van der Waals surface area contributed by atoms with Crippen LogP contribution in [0.3, 0.4) is 0 Å². The Bertz CT molecular complexity index is 959. The van der Waals surface area contributed by atoms with Gasteiger partial charge in [-0.1, -0.05) is 36.4 Å². The molecule has 0 amide bonds. The molecule has 136 valence electrons. The monoisotopic (exact) mass is 369 g/mol. The lowest BCUT2D eigenvalue weighted by atomic mass is 10.1. The van der Waals surface area contributed by atoms with Gasteiger partial charge in [-0.05, 0) is 49.0 Å². The van der Waals surface area contributed by atoms with Crippen LogP contribution in [-0.4, -0.2) is 32.5 Å². The van der Waals surface area contributed by atoms with E-state index in [2.05, 4.69) is 27.2 Å². The van der Waals surface area contributed by atoms with E-state index in [9.17, 15) is 8.42 Å². The maximum absolute atomic E-state index is 12.6. The maximum Gasteiger partial charge on any atom is 0.240 e. The molecule has 1 heterocycles. The second-order valence-electron chi connectivity index (χ2n) is 6.35. The standard InChI is InChI=1S/C20H23N3O2S/c1-16(14-21-11-9-17-5-3-2-4-6-17)23-26(24,25)20-8-7-19-15-22-12-10-18(19)13-20/h2-8,10,12-13,15-16,21,23H,9,11,14H2,1H3. The number of aromatic nitrogens is 1. The third kappa shape index (κ3) is 4.88. The molecule has 6 heteroatoms. The summed E-state index contributed by atoms with van der Waals surface area (Å²) in [6.45, 7) is 3.24. The highest BCUT2D eigenvalue weighted by Gasteiger charge is 2.17. The van der Waals surface area contributed by atoms with Gasteiger partial charge in [-0.25, -0.2) is 13.1 Å². The van der Waals surface area contributed by atoms with Crippen molar-refractivity contribution in [3.05, 3.63) is 72.6 Å². The lowest BCUT2D eigenvalue weighted by molar-refractivity contribution is 0.537. The molecule has 1 aromatic heterocycles. The van der Waals surface area contributed by atoms with E-state index in [1.165, 1.54) is 5.56 Å². The van der Waals surface area contributed by atoms with Crippen LogP contribution in [0.15, 0.2) is 71.9 Å². The average molecular weight is 369 g/mol. The van der Waals surface area contributed by atoms with Crippen molar-refractivity contribution in [3.8, 4) is 0 Å². The predicted octanol–water partition coefficient (Wildman–Crippen LogP) is 2.73. The van der Waals surface area contributed by atoms with Crippen LogP contribution in [0.25, 0.3) is 10.8 Å². The first-order valence-electron chi connectivity index (χ1n) is 8.65. The summed E-state index contributed by atoms with van der Waals surface area (Å²) in [5, 5.41) is 5.08. The molecule has 0 radical (unpaired) electrons. The average Bonchev–Trinajstić information content (AvgIpc) is 2.65. The summed E-state index contributed by atoms with van der Waals surface area (Å²) in [4.78, 5) is 4.31. The van der Waals surface area contributed by atoms with Crippen molar-refractivity contribution in [2.24, 2.45) is 0 Å². The molecule has 1 atom stereocenters. The van der Waals surface area contributed by atoms with E-state index in [0.717, 1.165) is 23.7 Å². The molecule has 5 nitrogen and oxygen atoms in total. The number of rotatable bonds is 8. The van der Waals surface area contributed by atoms with Gasteiger partial charge in [0, 0.05) is 30.4 Å². The number of nitrogens with zero attached hydrogens (tertiary/aromatic N) is 1. The summed E-state index contributed by atoms with van der Waals surface area (Å²) in [6, 6.07) is 16.9. The zero-order chi connectivity index (χ0) is 18.4. The second-order valence-corrected chi connectivity index (χ2v) is 8.06. The molecule has 0 aliphatic heterocycles. The van der Waals surface area contributed by atoms with Gasteiger partial charge in [0.25, 0.3) is 0 Å². The third-order valence-corrected chi connectivity index (χ3v) is 5.75. The Morgan fingerprint density at radius 2 is 1.85 bits per heavy atom. The van der Waals surface area contributed by atoms with Gasteiger partial charge in [-0.3, -0.25) is 4.98 Å². The number of benzene rings is 2. The second kappa shape index (κ2) is 8.40. The molecule has 0 fully saturated rings.